The Balaban J connectivity index is 1.35. The lowest BCUT2D eigenvalue weighted by Gasteiger charge is -2.23. The normalized spacial score (nSPS) is 27.5. The summed E-state index contributed by atoms with van der Waals surface area (Å²) in [5.74, 6) is -3.07. The molecule has 0 radical (unpaired) electrons. The van der Waals surface area contributed by atoms with Crippen molar-refractivity contribution >= 4 is 41.0 Å². The molecule has 1 aromatic rings. The number of benzene rings is 1. The summed E-state index contributed by atoms with van der Waals surface area (Å²) in [6.45, 7) is 0.534. The third kappa shape index (κ3) is 3.85. The third-order valence-corrected chi connectivity index (χ3v) is 6.93. The Morgan fingerprint density at radius 2 is 1.78 bits per heavy atom. The van der Waals surface area contributed by atoms with E-state index >= 15 is 0 Å². The lowest BCUT2D eigenvalue weighted by atomic mass is 9.81. The van der Waals surface area contributed by atoms with Gasteiger partial charge in [-0.25, -0.2) is 4.79 Å². The molecule has 2 bridgehead atoms. The summed E-state index contributed by atoms with van der Waals surface area (Å²) < 4.78 is 43.4. The molecule has 1 aromatic carbocycles. The Labute approximate surface area is 186 Å². The monoisotopic (exact) mass is 472 g/mol. The quantitative estimate of drug-likeness (QED) is 0.524. The summed E-state index contributed by atoms with van der Waals surface area (Å²) in [6, 6.07) is 1.22. The van der Waals surface area contributed by atoms with Crippen molar-refractivity contribution in [2.45, 2.75) is 38.4 Å². The zero-order valence-electron chi connectivity index (χ0n) is 16.9. The molecule has 3 fully saturated rings. The summed E-state index contributed by atoms with van der Waals surface area (Å²) in [4.78, 5) is 51.0. The number of fused-ring (bicyclic) bond motifs is 5. The number of halogens is 4. The van der Waals surface area contributed by atoms with Crippen molar-refractivity contribution in [2.75, 3.05) is 11.9 Å². The van der Waals surface area contributed by atoms with Crippen LogP contribution < -0.4 is 5.32 Å². The zero-order valence-corrected chi connectivity index (χ0v) is 17.7. The first kappa shape index (κ1) is 22.6. The molecule has 1 heterocycles. The predicted molar refractivity (Wildman–Crippen MR) is 105 cm³/mol. The summed E-state index contributed by atoms with van der Waals surface area (Å²) in [5, 5.41) is 2.04. The van der Waals surface area contributed by atoms with Crippen LogP contribution >= 0.6 is 11.6 Å². The van der Waals surface area contributed by atoms with Crippen molar-refractivity contribution in [3.05, 3.63) is 28.8 Å². The summed E-state index contributed by atoms with van der Waals surface area (Å²) in [6.07, 6.45) is -1.97. The largest absolute Gasteiger partial charge is 0.454 e. The average molecular weight is 473 g/mol. The van der Waals surface area contributed by atoms with Gasteiger partial charge in [0.1, 0.15) is 6.04 Å². The van der Waals surface area contributed by atoms with Crippen molar-refractivity contribution in [1.29, 1.82) is 0 Å². The van der Waals surface area contributed by atoms with Crippen molar-refractivity contribution in [3.63, 3.8) is 0 Å². The van der Waals surface area contributed by atoms with E-state index in [0.29, 0.717) is 6.07 Å². The molecule has 4 rings (SSSR count). The summed E-state index contributed by atoms with van der Waals surface area (Å²) in [7, 11) is 0. The van der Waals surface area contributed by atoms with Gasteiger partial charge in [-0.05, 0) is 56.2 Å². The molecule has 7 nitrogen and oxygen atoms in total. The van der Waals surface area contributed by atoms with E-state index in [2.05, 4.69) is 5.32 Å². The van der Waals surface area contributed by atoms with Gasteiger partial charge in [-0.3, -0.25) is 19.3 Å². The number of hydrogen-bond acceptors (Lipinski definition) is 5. The molecule has 1 aliphatic heterocycles. The number of alkyl halides is 3. The van der Waals surface area contributed by atoms with Crippen LogP contribution in [0.4, 0.5) is 18.9 Å². The predicted octanol–water partition coefficient (Wildman–Crippen LogP) is 3.26. The number of imide groups is 1. The van der Waals surface area contributed by atoms with Gasteiger partial charge in [0.05, 0.1) is 28.1 Å². The number of nitrogens with zero attached hydrogens (tertiary/aromatic N) is 1. The molecular formula is C21H20ClF3N2O5. The van der Waals surface area contributed by atoms with Crippen LogP contribution in [0.25, 0.3) is 0 Å². The number of likely N-dealkylation sites (tertiary alicyclic amines) is 1. The molecule has 3 amide bonds. The number of esters is 1. The third-order valence-electron chi connectivity index (χ3n) is 6.60. The Kier molecular flexibility index (Phi) is 5.68. The minimum atomic E-state index is -4.63. The van der Waals surface area contributed by atoms with Crippen molar-refractivity contribution in [3.8, 4) is 0 Å². The molecule has 11 heteroatoms. The van der Waals surface area contributed by atoms with Gasteiger partial charge in [-0.1, -0.05) is 11.6 Å². The number of hydrogen-bond donors (Lipinski definition) is 1. The Morgan fingerprint density at radius 3 is 2.34 bits per heavy atom. The van der Waals surface area contributed by atoms with Gasteiger partial charge in [0.15, 0.2) is 6.61 Å². The van der Waals surface area contributed by atoms with E-state index in [1.165, 1.54) is 6.92 Å². The Bertz CT molecular complexity index is 970. The molecule has 2 saturated carbocycles. The van der Waals surface area contributed by atoms with Crippen LogP contribution in [0.2, 0.25) is 5.02 Å². The molecule has 1 saturated heterocycles. The SMILES string of the molecule is C[C@H](C(=O)OCC(=O)Nc1cc(C(F)(F)F)ccc1Cl)N1C(=O)[C@H]2[C@@H]3CC[C@@H](C3)[C@@H]2C1=O. The van der Waals surface area contributed by atoms with Gasteiger partial charge in [-0.15, -0.1) is 0 Å². The highest BCUT2D eigenvalue weighted by Crippen LogP contribution is 2.56. The van der Waals surface area contributed by atoms with Crippen molar-refractivity contribution in [1.82, 2.24) is 4.90 Å². The van der Waals surface area contributed by atoms with Gasteiger partial charge in [0, 0.05) is 0 Å². The second kappa shape index (κ2) is 8.06. The summed E-state index contributed by atoms with van der Waals surface area (Å²) >= 11 is 5.83. The van der Waals surface area contributed by atoms with Crippen molar-refractivity contribution in [2.24, 2.45) is 23.7 Å². The van der Waals surface area contributed by atoms with E-state index in [4.69, 9.17) is 16.3 Å². The maximum Gasteiger partial charge on any atom is 0.416 e. The van der Waals surface area contributed by atoms with Crippen LogP contribution in [-0.4, -0.2) is 41.2 Å². The molecule has 0 spiro atoms. The highest BCUT2D eigenvalue weighted by atomic mass is 35.5. The molecule has 32 heavy (non-hydrogen) atoms. The number of ether oxygens (including phenoxy) is 1. The molecule has 1 N–H and O–H groups in total. The molecule has 3 aliphatic rings. The smallest absolute Gasteiger partial charge is 0.416 e. The number of anilines is 1. The van der Waals surface area contributed by atoms with Crippen LogP contribution in [0, 0.1) is 23.7 Å². The average Bonchev–Trinajstić information content (AvgIpc) is 3.40. The topological polar surface area (TPSA) is 92.8 Å². The molecule has 0 aromatic heterocycles. The summed E-state index contributed by atoms with van der Waals surface area (Å²) in [5.41, 5.74) is -1.29. The van der Waals surface area contributed by atoms with E-state index in [9.17, 15) is 32.3 Å². The van der Waals surface area contributed by atoms with E-state index in [0.717, 1.165) is 36.3 Å². The minimum Gasteiger partial charge on any atom is -0.454 e. The first-order valence-electron chi connectivity index (χ1n) is 10.2. The number of carbonyl (C=O) groups is 4. The molecule has 5 atom stereocenters. The number of carbonyl (C=O) groups excluding carboxylic acids is 4. The fraction of sp³-hybridized carbons (Fsp3) is 0.524. The fourth-order valence-electron chi connectivity index (χ4n) is 5.16. The van der Waals surface area contributed by atoms with Gasteiger partial charge in [0.25, 0.3) is 5.91 Å². The van der Waals surface area contributed by atoms with Gasteiger partial charge in [0.2, 0.25) is 11.8 Å². The standard InChI is InChI=1S/C21H20ClF3N2O5/c1-9(27-18(29)16-10-2-3-11(6-10)17(16)19(27)30)20(31)32-8-15(28)26-14-7-12(21(23,24)25)4-5-13(14)22/h4-5,7,9-11,16-17H,2-3,6,8H2,1H3,(H,26,28)/t9-,10-,11+,16+,17+/m1/s1. The highest BCUT2D eigenvalue weighted by Gasteiger charge is 2.62. The van der Waals surface area contributed by atoms with Crippen molar-refractivity contribution < 1.29 is 37.1 Å². The van der Waals surface area contributed by atoms with Crippen LogP contribution in [0.5, 0.6) is 0 Å². The van der Waals surface area contributed by atoms with E-state index in [-0.39, 0.29) is 46.2 Å². The Morgan fingerprint density at radius 1 is 1.19 bits per heavy atom. The number of nitrogens with one attached hydrogen (secondary N) is 1. The number of amides is 3. The molecule has 0 unspecified atom stereocenters. The van der Waals surface area contributed by atoms with Gasteiger partial charge < -0.3 is 10.1 Å². The maximum atomic E-state index is 12.8. The van der Waals surface area contributed by atoms with Crippen LogP contribution in [0.3, 0.4) is 0 Å². The molecule has 172 valence electrons. The highest BCUT2D eigenvalue weighted by molar-refractivity contribution is 6.33. The van der Waals surface area contributed by atoms with Gasteiger partial charge >= 0.3 is 12.1 Å². The molecular weight excluding hydrogens is 453 g/mol. The van der Waals surface area contributed by atoms with E-state index in [1.807, 2.05) is 0 Å². The second-order valence-electron chi connectivity index (χ2n) is 8.46. The lowest BCUT2D eigenvalue weighted by molar-refractivity contribution is -0.159. The van der Waals surface area contributed by atoms with Gasteiger partial charge in [-0.2, -0.15) is 13.2 Å². The van der Waals surface area contributed by atoms with E-state index < -0.39 is 36.3 Å². The second-order valence-corrected chi connectivity index (χ2v) is 8.86. The maximum absolute atomic E-state index is 12.8. The zero-order chi connectivity index (χ0) is 23.4. The first-order valence-corrected chi connectivity index (χ1v) is 10.6. The van der Waals surface area contributed by atoms with Crippen LogP contribution in [0.1, 0.15) is 31.7 Å². The molecule has 2 aliphatic carbocycles. The van der Waals surface area contributed by atoms with Crippen LogP contribution in [0.15, 0.2) is 18.2 Å². The number of rotatable bonds is 5. The minimum absolute atomic E-state index is 0.125. The van der Waals surface area contributed by atoms with E-state index in [1.54, 1.807) is 0 Å². The fourth-order valence-corrected chi connectivity index (χ4v) is 5.32. The first-order chi connectivity index (χ1) is 15.0. The van der Waals surface area contributed by atoms with Crippen LogP contribution in [-0.2, 0) is 30.1 Å². The Hall–Kier alpha value is -2.62. The lowest BCUT2D eigenvalue weighted by Crippen LogP contribution is -2.45.